The maximum Gasteiger partial charge on any atom is 0.270 e. The van der Waals surface area contributed by atoms with Gasteiger partial charge in [0.2, 0.25) is 0 Å². The molecule has 2 aromatic heterocycles. The van der Waals surface area contributed by atoms with Gasteiger partial charge in [-0.3, -0.25) is 9.59 Å². The first-order valence-electron chi connectivity index (χ1n) is 9.13. The summed E-state index contributed by atoms with van der Waals surface area (Å²) in [5, 5.41) is 0.789. The van der Waals surface area contributed by atoms with Gasteiger partial charge in [-0.2, -0.15) is 0 Å². The monoisotopic (exact) mass is 382 g/mol. The van der Waals surface area contributed by atoms with E-state index >= 15 is 0 Å². The van der Waals surface area contributed by atoms with Crippen molar-refractivity contribution < 1.29 is 14.3 Å². The molecule has 8 nitrogen and oxygen atoms in total. The summed E-state index contributed by atoms with van der Waals surface area (Å²) in [6, 6.07) is 5.40. The molecule has 0 aliphatic carbocycles. The molecule has 0 atom stereocenters. The zero-order valence-corrected chi connectivity index (χ0v) is 16.1. The number of methoxy groups -OCH3 is 2. The average molecular weight is 382 g/mol. The number of fused-ring (bicyclic) bond motifs is 2. The minimum Gasteiger partial charge on any atom is -0.496 e. The standard InChI is InChI=1S/C20H22N4O4/c1-11-21-14-7-9-24(8-6-12(14)19(25)22-11)20(26)15-10-13-16(27-2)4-5-17(28-3)18(13)23-15/h4-5,10,23H,6-9H2,1-3H3,(H,21,22,25). The molecule has 1 amide bonds. The number of amides is 1. The van der Waals surface area contributed by atoms with E-state index in [-0.39, 0.29) is 11.5 Å². The van der Waals surface area contributed by atoms with Gasteiger partial charge < -0.3 is 24.3 Å². The van der Waals surface area contributed by atoms with Crippen molar-refractivity contribution in [3.63, 3.8) is 0 Å². The number of carbonyl (C=O) groups excluding carboxylic acids is 1. The average Bonchev–Trinajstić information content (AvgIpc) is 3.02. The Labute approximate surface area is 161 Å². The van der Waals surface area contributed by atoms with Gasteiger partial charge in [-0.05, 0) is 31.5 Å². The summed E-state index contributed by atoms with van der Waals surface area (Å²) in [4.78, 5) is 37.4. The van der Waals surface area contributed by atoms with Crippen LogP contribution in [0.2, 0.25) is 0 Å². The van der Waals surface area contributed by atoms with Crippen LogP contribution >= 0.6 is 0 Å². The Hall–Kier alpha value is -3.29. The molecule has 1 aliphatic heterocycles. The van der Waals surface area contributed by atoms with Crippen LogP contribution in [0.4, 0.5) is 0 Å². The molecule has 4 rings (SSSR count). The molecule has 146 valence electrons. The highest BCUT2D eigenvalue weighted by molar-refractivity contribution is 6.01. The van der Waals surface area contributed by atoms with Crippen LogP contribution < -0.4 is 15.0 Å². The van der Waals surface area contributed by atoms with Crippen molar-refractivity contribution in [3.8, 4) is 11.5 Å². The van der Waals surface area contributed by atoms with Gasteiger partial charge in [0.15, 0.2) is 0 Å². The molecule has 0 bridgehead atoms. The Morgan fingerprint density at radius 2 is 1.82 bits per heavy atom. The predicted molar refractivity (Wildman–Crippen MR) is 104 cm³/mol. The number of rotatable bonds is 3. The maximum absolute atomic E-state index is 13.1. The lowest BCUT2D eigenvalue weighted by molar-refractivity contribution is 0.0758. The van der Waals surface area contributed by atoms with Crippen LogP contribution in [0.5, 0.6) is 11.5 Å². The molecular weight excluding hydrogens is 360 g/mol. The number of hydrogen-bond donors (Lipinski definition) is 2. The van der Waals surface area contributed by atoms with Gasteiger partial charge >= 0.3 is 0 Å². The highest BCUT2D eigenvalue weighted by Crippen LogP contribution is 2.33. The Kier molecular flexibility index (Phi) is 4.54. The smallest absolute Gasteiger partial charge is 0.270 e. The minimum atomic E-state index is -0.124. The van der Waals surface area contributed by atoms with Gasteiger partial charge in [-0.15, -0.1) is 0 Å². The predicted octanol–water partition coefficient (Wildman–Crippen LogP) is 1.82. The Balaban J connectivity index is 1.65. The Bertz CT molecular complexity index is 1070. The molecular formula is C20H22N4O4. The number of aryl methyl sites for hydroxylation is 1. The van der Waals surface area contributed by atoms with Gasteiger partial charge in [0.05, 0.1) is 25.4 Å². The molecule has 2 N–H and O–H groups in total. The van der Waals surface area contributed by atoms with Crippen LogP contribution in [-0.4, -0.2) is 53.1 Å². The van der Waals surface area contributed by atoms with Gasteiger partial charge in [-0.25, -0.2) is 4.98 Å². The zero-order valence-electron chi connectivity index (χ0n) is 16.1. The molecule has 28 heavy (non-hydrogen) atoms. The first-order valence-corrected chi connectivity index (χ1v) is 9.13. The third-order valence-electron chi connectivity index (χ3n) is 5.14. The minimum absolute atomic E-state index is 0.114. The van der Waals surface area contributed by atoms with Crippen LogP contribution in [0.3, 0.4) is 0 Å². The number of nitrogens with one attached hydrogen (secondary N) is 2. The third kappa shape index (κ3) is 3.00. The molecule has 0 unspecified atom stereocenters. The highest BCUT2D eigenvalue weighted by atomic mass is 16.5. The normalized spacial score (nSPS) is 13.9. The molecule has 0 spiro atoms. The van der Waals surface area contributed by atoms with E-state index in [0.717, 1.165) is 16.6 Å². The van der Waals surface area contributed by atoms with Gasteiger partial charge in [0.25, 0.3) is 11.5 Å². The zero-order chi connectivity index (χ0) is 19.8. The summed E-state index contributed by atoms with van der Waals surface area (Å²) < 4.78 is 10.8. The maximum atomic E-state index is 13.1. The largest absolute Gasteiger partial charge is 0.496 e. The van der Waals surface area contributed by atoms with Crippen LogP contribution in [-0.2, 0) is 12.8 Å². The number of carbonyl (C=O) groups is 1. The fourth-order valence-corrected chi connectivity index (χ4v) is 3.74. The van der Waals surface area contributed by atoms with E-state index in [1.807, 2.05) is 6.07 Å². The summed E-state index contributed by atoms with van der Waals surface area (Å²) in [7, 11) is 3.18. The first kappa shape index (κ1) is 18.1. The summed E-state index contributed by atoms with van der Waals surface area (Å²) in [5.74, 6) is 1.78. The third-order valence-corrected chi connectivity index (χ3v) is 5.14. The molecule has 1 aliphatic rings. The van der Waals surface area contributed by atoms with Gasteiger partial charge in [-0.1, -0.05) is 0 Å². The number of nitrogens with zero attached hydrogens (tertiary/aromatic N) is 2. The molecule has 0 fully saturated rings. The van der Waals surface area contributed by atoms with Crippen LogP contribution in [0.1, 0.15) is 27.6 Å². The Morgan fingerprint density at radius 1 is 1.11 bits per heavy atom. The Morgan fingerprint density at radius 3 is 2.57 bits per heavy atom. The second-order valence-electron chi connectivity index (χ2n) is 6.81. The van der Waals surface area contributed by atoms with Crippen molar-refractivity contribution in [1.82, 2.24) is 19.9 Å². The van der Waals surface area contributed by atoms with Crippen molar-refractivity contribution in [3.05, 3.63) is 51.3 Å². The second kappa shape index (κ2) is 7.03. The van der Waals surface area contributed by atoms with Crippen molar-refractivity contribution in [2.75, 3.05) is 27.3 Å². The van der Waals surface area contributed by atoms with Crippen molar-refractivity contribution in [2.45, 2.75) is 19.8 Å². The van der Waals surface area contributed by atoms with Crippen LogP contribution in [0, 0.1) is 6.92 Å². The van der Waals surface area contributed by atoms with E-state index in [0.29, 0.717) is 54.5 Å². The number of H-pyrrole nitrogens is 2. The van der Waals surface area contributed by atoms with E-state index in [1.165, 1.54) is 0 Å². The fraction of sp³-hybridized carbons (Fsp3) is 0.350. The fourth-order valence-electron chi connectivity index (χ4n) is 3.74. The molecule has 0 saturated carbocycles. The van der Waals surface area contributed by atoms with E-state index in [4.69, 9.17) is 9.47 Å². The summed E-state index contributed by atoms with van der Waals surface area (Å²) in [6.45, 7) is 2.73. The van der Waals surface area contributed by atoms with Crippen molar-refractivity contribution in [1.29, 1.82) is 0 Å². The summed E-state index contributed by atoms with van der Waals surface area (Å²) in [6.07, 6.45) is 1.04. The first-order chi connectivity index (χ1) is 13.5. The quantitative estimate of drug-likeness (QED) is 0.720. The highest BCUT2D eigenvalue weighted by Gasteiger charge is 2.24. The second-order valence-corrected chi connectivity index (χ2v) is 6.81. The topological polar surface area (TPSA) is 100 Å². The lowest BCUT2D eigenvalue weighted by Crippen LogP contribution is -2.33. The molecule has 3 aromatic rings. The van der Waals surface area contributed by atoms with E-state index in [9.17, 15) is 9.59 Å². The number of hydrogen-bond acceptors (Lipinski definition) is 5. The van der Waals surface area contributed by atoms with Crippen LogP contribution in [0.25, 0.3) is 10.9 Å². The number of ether oxygens (including phenoxy) is 2. The SMILES string of the molecule is COc1ccc(OC)c2[nH]c(C(=O)N3CCc4nc(C)[nH]c(=O)c4CC3)cc12. The molecule has 0 radical (unpaired) electrons. The van der Waals surface area contributed by atoms with Crippen molar-refractivity contribution in [2.24, 2.45) is 0 Å². The lowest BCUT2D eigenvalue weighted by Gasteiger charge is -2.19. The van der Waals surface area contributed by atoms with Gasteiger partial charge in [0, 0.05) is 30.5 Å². The van der Waals surface area contributed by atoms with Crippen LogP contribution in [0.15, 0.2) is 23.0 Å². The lowest BCUT2D eigenvalue weighted by atomic mass is 10.1. The van der Waals surface area contributed by atoms with Gasteiger partial charge in [0.1, 0.15) is 23.0 Å². The van der Waals surface area contributed by atoms with Crippen molar-refractivity contribution >= 4 is 16.8 Å². The molecule has 1 aromatic carbocycles. The number of aromatic amines is 2. The number of benzene rings is 1. The van der Waals surface area contributed by atoms with E-state index in [1.54, 1.807) is 38.2 Å². The summed E-state index contributed by atoms with van der Waals surface area (Å²) in [5.41, 5.74) is 2.51. The molecule has 0 saturated heterocycles. The van der Waals surface area contributed by atoms with E-state index < -0.39 is 0 Å². The molecule has 8 heteroatoms. The number of aromatic nitrogens is 3. The summed E-state index contributed by atoms with van der Waals surface area (Å²) >= 11 is 0. The molecule has 3 heterocycles. The van der Waals surface area contributed by atoms with E-state index in [2.05, 4.69) is 15.0 Å².